The van der Waals surface area contributed by atoms with E-state index >= 15 is 0 Å². The number of benzene rings is 1. The van der Waals surface area contributed by atoms with Gasteiger partial charge in [-0.2, -0.15) is 0 Å². The number of nitrogens with zero attached hydrogens (tertiary/aromatic N) is 1. The third-order valence-electron chi connectivity index (χ3n) is 4.11. The summed E-state index contributed by atoms with van der Waals surface area (Å²) in [5.41, 5.74) is 9.36. The normalized spacial score (nSPS) is 13.6. The highest BCUT2D eigenvalue weighted by Crippen LogP contribution is 2.24. The van der Waals surface area contributed by atoms with Gasteiger partial charge in [-0.3, -0.25) is 4.90 Å². The fourth-order valence-electron chi connectivity index (χ4n) is 2.80. The van der Waals surface area contributed by atoms with Gasteiger partial charge in [0.05, 0.1) is 0 Å². The molecule has 0 fully saturated rings. The summed E-state index contributed by atoms with van der Waals surface area (Å²) in [4.78, 5) is 2.31. The van der Waals surface area contributed by atoms with E-state index in [-0.39, 0.29) is 6.04 Å². The van der Waals surface area contributed by atoms with Crippen molar-refractivity contribution in [3.63, 3.8) is 0 Å². The maximum atomic E-state index is 6.00. The second-order valence-electron chi connectivity index (χ2n) is 6.03. The van der Waals surface area contributed by atoms with Crippen molar-refractivity contribution in [3.05, 3.63) is 73.0 Å². The lowest BCUT2D eigenvalue weighted by atomic mass is 9.93. The number of rotatable bonds is 10. The van der Waals surface area contributed by atoms with Gasteiger partial charge in [-0.15, -0.1) is 13.2 Å². The summed E-state index contributed by atoms with van der Waals surface area (Å²) >= 11 is 0. The van der Waals surface area contributed by atoms with Gasteiger partial charge >= 0.3 is 0 Å². The Hall–Kier alpha value is -1.80. The first-order valence-electron chi connectivity index (χ1n) is 7.92. The highest BCUT2D eigenvalue weighted by molar-refractivity contribution is 5.25. The Morgan fingerprint density at radius 3 is 2.36 bits per heavy atom. The molecule has 0 aromatic heterocycles. The van der Waals surface area contributed by atoms with E-state index in [9.17, 15) is 0 Å². The standard InChI is InChI=1S/C20H30N2/c1-6-8-10-20(17(4)21)22(5)15-19(9-7-2)18-13-11-16(3)12-14-18/h6-7,11-14,19-20H,1-2,4,8-10,15,21H2,3,5H3. The summed E-state index contributed by atoms with van der Waals surface area (Å²) < 4.78 is 0. The van der Waals surface area contributed by atoms with Crippen LogP contribution in [0.2, 0.25) is 0 Å². The predicted octanol–water partition coefficient (Wildman–Crippen LogP) is 4.39. The summed E-state index contributed by atoms with van der Waals surface area (Å²) in [5, 5.41) is 0. The SMILES string of the molecule is C=CCCC(C(=C)N)N(C)CC(CC=C)c1ccc(C)cc1. The second-order valence-corrected chi connectivity index (χ2v) is 6.03. The number of hydrogen-bond donors (Lipinski definition) is 1. The van der Waals surface area contributed by atoms with Crippen LogP contribution in [0.1, 0.15) is 36.3 Å². The first-order chi connectivity index (χ1) is 10.5. The molecule has 0 heterocycles. The van der Waals surface area contributed by atoms with Gasteiger partial charge in [0.15, 0.2) is 0 Å². The smallest absolute Gasteiger partial charge is 0.0487 e. The van der Waals surface area contributed by atoms with Gasteiger partial charge < -0.3 is 5.73 Å². The molecule has 2 N–H and O–H groups in total. The van der Waals surface area contributed by atoms with Gasteiger partial charge in [0, 0.05) is 24.2 Å². The zero-order chi connectivity index (χ0) is 16.5. The minimum absolute atomic E-state index is 0.191. The Kier molecular flexibility index (Phi) is 7.69. The molecule has 0 spiro atoms. The van der Waals surface area contributed by atoms with Crippen molar-refractivity contribution in [2.75, 3.05) is 13.6 Å². The minimum Gasteiger partial charge on any atom is -0.401 e. The molecule has 0 radical (unpaired) electrons. The fourth-order valence-corrected chi connectivity index (χ4v) is 2.80. The van der Waals surface area contributed by atoms with Crippen molar-refractivity contribution in [2.45, 2.75) is 38.1 Å². The molecule has 22 heavy (non-hydrogen) atoms. The summed E-state index contributed by atoms with van der Waals surface area (Å²) in [5.74, 6) is 0.425. The second kappa shape index (κ2) is 9.26. The van der Waals surface area contributed by atoms with Crippen LogP contribution in [0.5, 0.6) is 0 Å². The van der Waals surface area contributed by atoms with Crippen LogP contribution in [0, 0.1) is 6.92 Å². The third-order valence-corrected chi connectivity index (χ3v) is 4.11. The zero-order valence-electron chi connectivity index (χ0n) is 14.1. The van der Waals surface area contributed by atoms with Crippen LogP contribution in [0.4, 0.5) is 0 Å². The number of hydrogen-bond acceptors (Lipinski definition) is 2. The Bertz CT molecular complexity index is 487. The van der Waals surface area contributed by atoms with Crippen molar-refractivity contribution in [2.24, 2.45) is 5.73 Å². The summed E-state index contributed by atoms with van der Waals surface area (Å²) in [6.07, 6.45) is 6.80. The van der Waals surface area contributed by atoms with Crippen LogP contribution >= 0.6 is 0 Å². The van der Waals surface area contributed by atoms with Gasteiger partial charge in [0.1, 0.15) is 0 Å². The molecule has 2 nitrogen and oxygen atoms in total. The molecule has 1 aromatic rings. The highest BCUT2D eigenvalue weighted by Gasteiger charge is 2.20. The monoisotopic (exact) mass is 298 g/mol. The third kappa shape index (κ3) is 5.53. The van der Waals surface area contributed by atoms with E-state index in [1.807, 2.05) is 12.2 Å². The average molecular weight is 298 g/mol. The van der Waals surface area contributed by atoms with E-state index in [1.165, 1.54) is 11.1 Å². The van der Waals surface area contributed by atoms with Crippen LogP contribution in [0.25, 0.3) is 0 Å². The van der Waals surface area contributed by atoms with Gasteiger partial charge in [-0.1, -0.05) is 48.6 Å². The van der Waals surface area contributed by atoms with Crippen LogP contribution in [-0.2, 0) is 0 Å². The van der Waals surface area contributed by atoms with Crippen LogP contribution in [0.3, 0.4) is 0 Å². The molecule has 0 saturated carbocycles. The maximum absolute atomic E-state index is 6.00. The maximum Gasteiger partial charge on any atom is 0.0487 e. The summed E-state index contributed by atoms with van der Waals surface area (Å²) in [6, 6.07) is 8.96. The summed E-state index contributed by atoms with van der Waals surface area (Å²) in [6.45, 7) is 14.7. The Labute approximate surface area is 136 Å². The number of aryl methyl sites for hydroxylation is 1. The van der Waals surface area contributed by atoms with Crippen molar-refractivity contribution >= 4 is 0 Å². The molecule has 0 aliphatic carbocycles. The predicted molar refractivity (Wildman–Crippen MR) is 97.9 cm³/mol. The van der Waals surface area contributed by atoms with E-state index in [1.54, 1.807) is 0 Å². The van der Waals surface area contributed by atoms with E-state index in [0.717, 1.165) is 31.5 Å². The average Bonchev–Trinajstić information content (AvgIpc) is 2.47. The quantitative estimate of drug-likeness (QED) is 0.649. The first kappa shape index (κ1) is 18.2. The molecule has 1 aromatic carbocycles. The first-order valence-corrected chi connectivity index (χ1v) is 7.92. The van der Waals surface area contributed by atoms with Crippen molar-refractivity contribution in [1.29, 1.82) is 0 Å². The molecule has 0 amide bonds. The molecule has 0 saturated heterocycles. The number of nitrogens with two attached hydrogens (primary N) is 1. The van der Waals surface area contributed by atoms with Gasteiger partial charge in [0.25, 0.3) is 0 Å². The zero-order valence-corrected chi connectivity index (χ0v) is 14.1. The van der Waals surface area contributed by atoms with Crippen molar-refractivity contribution in [3.8, 4) is 0 Å². The largest absolute Gasteiger partial charge is 0.401 e. The van der Waals surface area contributed by atoms with Crippen LogP contribution < -0.4 is 5.73 Å². The van der Waals surface area contributed by atoms with E-state index < -0.39 is 0 Å². The molecule has 2 heteroatoms. The number of allylic oxidation sites excluding steroid dienone is 2. The van der Waals surface area contributed by atoms with Crippen LogP contribution in [0.15, 0.2) is 61.9 Å². The Morgan fingerprint density at radius 1 is 1.23 bits per heavy atom. The topological polar surface area (TPSA) is 29.3 Å². The number of likely N-dealkylation sites (N-methyl/N-ethyl adjacent to an activating group) is 1. The van der Waals surface area contributed by atoms with Crippen molar-refractivity contribution in [1.82, 2.24) is 4.90 Å². The molecule has 0 aliphatic heterocycles. The van der Waals surface area contributed by atoms with E-state index in [4.69, 9.17) is 5.73 Å². The molecule has 0 aliphatic rings. The highest BCUT2D eigenvalue weighted by atomic mass is 15.1. The fraction of sp³-hybridized carbons (Fsp3) is 0.400. The minimum atomic E-state index is 0.191. The molecule has 0 bridgehead atoms. The van der Waals surface area contributed by atoms with E-state index in [2.05, 4.69) is 62.9 Å². The van der Waals surface area contributed by atoms with Crippen molar-refractivity contribution < 1.29 is 0 Å². The molecule has 2 unspecified atom stereocenters. The Balaban J connectivity index is 2.83. The lowest BCUT2D eigenvalue weighted by Gasteiger charge is -2.31. The Morgan fingerprint density at radius 2 is 1.86 bits per heavy atom. The molecule has 2 atom stereocenters. The van der Waals surface area contributed by atoms with Crippen LogP contribution in [-0.4, -0.2) is 24.5 Å². The van der Waals surface area contributed by atoms with Gasteiger partial charge in [-0.05, 0) is 38.8 Å². The summed E-state index contributed by atoms with van der Waals surface area (Å²) in [7, 11) is 2.12. The van der Waals surface area contributed by atoms with Gasteiger partial charge in [0.2, 0.25) is 0 Å². The molecule has 1 rings (SSSR count). The lowest BCUT2D eigenvalue weighted by Crippen LogP contribution is -2.38. The molecular formula is C20H30N2. The lowest BCUT2D eigenvalue weighted by molar-refractivity contribution is 0.243. The molecular weight excluding hydrogens is 268 g/mol. The van der Waals surface area contributed by atoms with E-state index in [0.29, 0.717) is 5.92 Å². The van der Waals surface area contributed by atoms with Gasteiger partial charge in [-0.25, -0.2) is 0 Å². The molecule has 120 valence electrons.